The lowest BCUT2D eigenvalue weighted by Gasteiger charge is -2.06. The molecule has 0 atom stereocenters. The molecule has 0 unspecified atom stereocenters. The smallest absolute Gasteiger partial charge is 0.193 e. The SMILES string of the molecule is Cc1ccc(C(=O)c2cccc3ncccc23)cc1F. The average molecular weight is 265 g/mol. The van der Waals surface area contributed by atoms with E-state index in [1.165, 1.54) is 6.07 Å². The first-order chi connectivity index (χ1) is 9.66. The number of carbonyl (C=O) groups is 1. The molecule has 3 aromatic rings. The van der Waals surface area contributed by atoms with Crippen LogP contribution in [-0.4, -0.2) is 10.8 Å². The van der Waals surface area contributed by atoms with Crippen LogP contribution >= 0.6 is 0 Å². The molecule has 0 N–H and O–H groups in total. The van der Waals surface area contributed by atoms with Crippen LogP contribution in [0, 0.1) is 12.7 Å². The highest BCUT2D eigenvalue weighted by Gasteiger charge is 2.13. The lowest BCUT2D eigenvalue weighted by Crippen LogP contribution is -2.03. The Hall–Kier alpha value is -2.55. The number of benzene rings is 2. The molecule has 0 aliphatic heterocycles. The number of nitrogens with zero attached hydrogens (tertiary/aromatic N) is 1. The van der Waals surface area contributed by atoms with Gasteiger partial charge in [0.1, 0.15) is 5.82 Å². The van der Waals surface area contributed by atoms with Gasteiger partial charge in [-0.3, -0.25) is 9.78 Å². The third-order valence-corrected chi connectivity index (χ3v) is 3.32. The van der Waals surface area contributed by atoms with Gasteiger partial charge in [0.25, 0.3) is 0 Å². The second-order valence-corrected chi connectivity index (χ2v) is 4.67. The highest BCUT2D eigenvalue weighted by atomic mass is 19.1. The van der Waals surface area contributed by atoms with Crippen molar-refractivity contribution in [2.45, 2.75) is 6.92 Å². The molecule has 3 heteroatoms. The standard InChI is InChI=1S/C17H12FNO/c1-11-7-8-12(10-15(11)18)17(20)14-4-2-6-16-13(14)5-3-9-19-16/h2-10H,1H3. The summed E-state index contributed by atoms with van der Waals surface area (Å²) >= 11 is 0. The number of pyridine rings is 1. The minimum atomic E-state index is -0.366. The lowest BCUT2D eigenvalue weighted by atomic mass is 9.98. The van der Waals surface area contributed by atoms with Gasteiger partial charge in [-0.25, -0.2) is 4.39 Å². The number of rotatable bonds is 2. The quantitative estimate of drug-likeness (QED) is 0.657. The van der Waals surface area contributed by atoms with E-state index in [0.717, 1.165) is 10.9 Å². The van der Waals surface area contributed by atoms with Crippen molar-refractivity contribution in [3.63, 3.8) is 0 Å². The number of hydrogen-bond donors (Lipinski definition) is 0. The van der Waals surface area contributed by atoms with Gasteiger partial charge < -0.3 is 0 Å². The van der Waals surface area contributed by atoms with Gasteiger partial charge in [0, 0.05) is 22.7 Å². The van der Waals surface area contributed by atoms with Crippen LogP contribution in [0.2, 0.25) is 0 Å². The maximum absolute atomic E-state index is 13.6. The second kappa shape index (κ2) is 4.85. The molecular formula is C17H12FNO. The Balaban J connectivity index is 2.15. The van der Waals surface area contributed by atoms with Crippen LogP contribution in [0.1, 0.15) is 21.5 Å². The number of halogens is 1. The van der Waals surface area contributed by atoms with Crippen LogP contribution < -0.4 is 0 Å². The molecule has 0 spiro atoms. The van der Waals surface area contributed by atoms with Crippen LogP contribution in [0.4, 0.5) is 4.39 Å². The van der Waals surface area contributed by atoms with Crippen LogP contribution in [0.5, 0.6) is 0 Å². The zero-order valence-electron chi connectivity index (χ0n) is 10.9. The Labute approximate surface area is 115 Å². The van der Waals surface area contributed by atoms with E-state index >= 15 is 0 Å². The third-order valence-electron chi connectivity index (χ3n) is 3.32. The maximum Gasteiger partial charge on any atom is 0.193 e. The van der Waals surface area contributed by atoms with Crippen molar-refractivity contribution in [2.24, 2.45) is 0 Å². The van der Waals surface area contributed by atoms with E-state index < -0.39 is 0 Å². The molecule has 0 bridgehead atoms. The Kier molecular flexibility index (Phi) is 3.03. The largest absolute Gasteiger partial charge is 0.289 e. The summed E-state index contributed by atoms with van der Waals surface area (Å²) in [5.74, 6) is -0.559. The number of carbonyl (C=O) groups excluding carboxylic acids is 1. The highest BCUT2D eigenvalue weighted by molar-refractivity contribution is 6.15. The highest BCUT2D eigenvalue weighted by Crippen LogP contribution is 2.20. The van der Waals surface area contributed by atoms with Crippen LogP contribution in [0.25, 0.3) is 10.9 Å². The fourth-order valence-corrected chi connectivity index (χ4v) is 2.19. The van der Waals surface area contributed by atoms with E-state index in [1.807, 2.05) is 12.1 Å². The van der Waals surface area contributed by atoms with Crippen molar-refractivity contribution in [1.82, 2.24) is 4.98 Å². The molecule has 0 aliphatic rings. The maximum atomic E-state index is 13.6. The number of ketones is 1. The minimum Gasteiger partial charge on any atom is -0.289 e. The predicted octanol–water partition coefficient (Wildman–Crippen LogP) is 3.91. The van der Waals surface area contributed by atoms with Crippen LogP contribution in [-0.2, 0) is 0 Å². The van der Waals surface area contributed by atoms with Crippen molar-refractivity contribution >= 4 is 16.7 Å². The summed E-state index contributed by atoms with van der Waals surface area (Å²) in [7, 11) is 0. The first kappa shape index (κ1) is 12.5. The normalized spacial score (nSPS) is 10.7. The zero-order valence-corrected chi connectivity index (χ0v) is 10.9. The van der Waals surface area contributed by atoms with Gasteiger partial charge in [0.05, 0.1) is 5.52 Å². The summed E-state index contributed by atoms with van der Waals surface area (Å²) in [6.45, 7) is 1.67. The zero-order chi connectivity index (χ0) is 14.1. The molecule has 1 heterocycles. The Morgan fingerprint density at radius 2 is 1.95 bits per heavy atom. The lowest BCUT2D eigenvalue weighted by molar-refractivity contribution is 0.104. The van der Waals surface area contributed by atoms with E-state index in [1.54, 1.807) is 43.5 Å². The van der Waals surface area contributed by atoms with Crippen molar-refractivity contribution in [2.75, 3.05) is 0 Å². The van der Waals surface area contributed by atoms with Crippen molar-refractivity contribution in [3.8, 4) is 0 Å². The summed E-state index contributed by atoms with van der Waals surface area (Å²) in [6.07, 6.45) is 1.68. The molecule has 2 aromatic carbocycles. The van der Waals surface area contributed by atoms with E-state index in [2.05, 4.69) is 4.98 Å². The number of aromatic nitrogens is 1. The van der Waals surface area contributed by atoms with E-state index in [9.17, 15) is 9.18 Å². The fourth-order valence-electron chi connectivity index (χ4n) is 2.19. The van der Waals surface area contributed by atoms with Gasteiger partial charge in [-0.05, 0) is 30.7 Å². The van der Waals surface area contributed by atoms with Crippen LogP contribution in [0.3, 0.4) is 0 Å². The first-order valence-corrected chi connectivity index (χ1v) is 6.31. The summed E-state index contributed by atoms with van der Waals surface area (Å²) in [5, 5.41) is 0.779. The van der Waals surface area contributed by atoms with Crippen molar-refractivity contribution in [3.05, 3.63) is 77.2 Å². The summed E-state index contributed by atoms with van der Waals surface area (Å²) in [5.41, 5.74) is 2.18. The second-order valence-electron chi connectivity index (χ2n) is 4.67. The Morgan fingerprint density at radius 1 is 1.10 bits per heavy atom. The van der Waals surface area contributed by atoms with E-state index in [0.29, 0.717) is 16.7 Å². The van der Waals surface area contributed by atoms with Crippen molar-refractivity contribution < 1.29 is 9.18 Å². The van der Waals surface area contributed by atoms with Gasteiger partial charge in [-0.2, -0.15) is 0 Å². The molecule has 0 saturated heterocycles. The van der Waals surface area contributed by atoms with Gasteiger partial charge >= 0.3 is 0 Å². The molecule has 0 saturated carbocycles. The Bertz CT molecular complexity index is 806. The van der Waals surface area contributed by atoms with E-state index in [4.69, 9.17) is 0 Å². The van der Waals surface area contributed by atoms with Gasteiger partial charge in [-0.15, -0.1) is 0 Å². The molecule has 0 radical (unpaired) electrons. The summed E-state index contributed by atoms with van der Waals surface area (Å²) in [4.78, 5) is 16.8. The fraction of sp³-hybridized carbons (Fsp3) is 0.0588. The molecule has 98 valence electrons. The minimum absolute atomic E-state index is 0.192. The Morgan fingerprint density at radius 3 is 2.75 bits per heavy atom. The van der Waals surface area contributed by atoms with E-state index in [-0.39, 0.29) is 11.6 Å². The number of hydrogen-bond acceptors (Lipinski definition) is 2. The summed E-state index contributed by atoms with van der Waals surface area (Å²) < 4.78 is 13.6. The topological polar surface area (TPSA) is 30.0 Å². The van der Waals surface area contributed by atoms with Crippen molar-refractivity contribution in [1.29, 1.82) is 0 Å². The summed E-state index contributed by atoms with van der Waals surface area (Å²) in [6, 6.07) is 13.6. The molecule has 0 fully saturated rings. The first-order valence-electron chi connectivity index (χ1n) is 6.31. The van der Waals surface area contributed by atoms with Gasteiger partial charge in [-0.1, -0.05) is 30.3 Å². The van der Waals surface area contributed by atoms with Gasteiger partial charge in [0.15, 0.2) is 5.78 Å². The average Bonchev–Trinajstić information content (AvgIpc) is 2.49. The molecule has 20 heavy (non-hydrogen) atoms. The molecule has 1 aromatic heterocycles. The molecular weight excluding hydrogens is 253 g/mol. The molecule has 0 aliphatic carbocycles. The molecule has 3 rings (SSSR count). The molecule has 2 nitrogen and oxygen atoms in total. The third kappa shape index (κ3) is 2.07. The van der Waals surface area contributed by atoms with Gasteiger partial charge in [0.2, 0.25) is 0 Å². The van der Waals surface area contributed by atoms with Crippen LogP contribution in [0.15, 0.2) is 54.7 Å². The number of fused-ring (bicyclic) bond motifs is 1. The molecule has 0 amide bonds. The number of aryl methyl sites for hydroxylation is 1. The monoisotopic (exact) mass is 265 g/mol. The predicted molar refractivity (Wildman–Crippen MR) is 76.3 cm³/mol.